The highest BCUT2D eigenvalue weighted by atomic mass is 16.1. The second-order valence-electron chi connectivity index (χ2n) is 3.77. The first-order chi connectivity index (χ1) is 7.36. The third kappa shape index (κ3) is 4.63. The van der Waals surface area contributed by atoms with Gasteiger partial charge in [-0.1, -0.05) is 38.3 Å². The minimum atomic E-state index is 0.705. The zero-order valence-electron chi connectivity index (χ0n) is 9.33. The second kappa shape index (κ2) is 7.04. The zero-order valence-corrected chi connectivity index (χ0v) is 9.33. The van der Waals surface area contributed by atoms with Crippen LogP contribution in [0.15, 0.2) is 24.3 Å². The van der Waals surface area contributed by atoms with E-state index < -0.39 is 0 Å². The van der Waals surface area contributed by atoms with Gasteiger partial charge in [-0.25, -0.2) is 0 Å². The van der Waals surface area contributed by atoms with Crippen molar-refractivity contribution in [1.82, 2.24) is 0 Å². The zero-order chi connectivity index (χ0) is 10.9. The molecule has 1 rings (SSSR count). The summed E-state index contributed by atoms with van der Waals surface area (Å²) in [7, 11) is 0. The number of benzene rings is 1. The SMILES string of the molecule is CCCCCCc1ccc(NC=O)cc1. The molecule has 0 unspecified atom stereocenters. The Labute approximate surface area is 91.7 Å². The molecule has 0 saturated carbocycles. The van der Waals surface area contributed by atoms with Gasteiger partial charge >= 0.3 is 0 Å². The van der Waals surface area contributed by atoms with Crippen molar-refractivity contribution >= 4 is 12.1 Å². The molecule has 0 aliphatic rings. The fourth-order valence-corrected chi connectivity index (χ4v) is 1.59. The first-order valence-electron chi connectivity index (χ1n) is 5.66. The van der Waals surface area contributed by atoms with Crippen molar-refractivity contribution in [3.05, 3.63) is 29.8 Å². The number of unbranched alkanes of at least 4 members (excludes halogenated alkanes) is 3. The lowest BCUT2D eigenvalue weighted by Crippen LogP contribution is -1.93. The summed E-state index contributed by atoms with van der Waals surface area (Å²) in [4.78, 5) is 10.2. The average molecular weight is 205 g/mol. The van der Waals surface area contributed by atoms with E-state index in [4.69, 9.17) is 0 Å². The average Bonchev–Trinajstić information content (AvgIpc) is 2.27. The summed E-state index contributed by atoms with van der Waals surface area (Å²) in [6.45, 7) is 2.22. The molecule has 0 bridgehead atoms. The number of carbonyl (C=O) groups excluding carboxylic acids is 1. The summed E-state index contributed by atoms with van der Waals surface area (Å²) in [5.41, 5.74) is 2.21. The van der Waals surface area contributed by atoms with Crippen LogP contribution in [0.3, 0.4) is 0 Å². The Hall–Kier alpha value is -1.31. The Morgan fingerprint density at radius 1 is 1.13 bits per heavy atom. The van der Waals surface area contributed by atoms with E-state index in [9.17, 15) is 4.79 Å². The molecule has 2 nitrogen and oxygen atoms in total. The number of amides is 1. The lowest BCUT2D eigenvalue weighted by atomic mass is 10.1. The Morgan fingerprint density at radius 2 is 1.87 bits per heavy atom. The lowest BCUT2D eigenvalue weighted by molar-refractivity contribution is -0.105. The van der Waals surface area contributed by atoms with E-state index in [0.29, 0.717) is 6.41 Å². The maximum Gasteiger partial charge on any atom is 0.211 e. The molecule has 0 aromatic heterocycles. The highest BCUT2D eigenvalue weighted by molar-refractivity contribution is 5.70. The van der Waals surface area contributed by atoms with Gasteiger partial charge in [-0.2, -0.15) is 0 Å². The largest absolute Gasteiger partial charge is 0.329 e. The summed E-state index contributed by atoms with van der Waals surface area (Å²) in [5.74, 6) is 0. The minimum absolute atomic E-state index is 0.705. The monoisotopic (exact) mass is 205 g/mol. The Morgan fingerprint density at radius 3 is 2.47 bits per heavy atom. The third-order valence-corrected chi connectivity index (χ3v) is 2.50. The summed E-state index contributed by atoms with van der Waals surface area (Å²) in [5, 5.41) is 2.63. The predicted octanol–water partition coefficient (Wildman–Crippen LogP) is 3.38. The van der Waals surface area contributed by atoms with Crippen molar-refractivity contribution in [1.29, 1.82) is 0 Å². The summed E-state index contributed by atoms with van der Waals surface area (Å²) in [6.07, 6.45) is 7.02. The van der Waals surface area contributed by atoms with Crippen LogP contribution in [0, 0.1) is 0 Å². The van der Waals surface area contributed by atoms with Gasteiger partial charge in [0.05, 0.1) is 0 Å². The molecule has 1 aromatic rings. The molecule has 82 valence electrons. The van der Waals surface area contributed by atoms with Gasteiger partial charge in [0.25, 0.3) is 0 Å². The van der Waals surface area contributed by atoms with Gasteiger partial charge in [-0.3, -0.25) is 4.79 Å². The minimum Gasteiger partial charge on any atom is -0.329 e. The van der Waals surface area contributed by atoms with Crippen LogP contribution < -0.4 is 5.32 Å². The molecule has 0 spiro atoms. The van der Waals surface area contributed by atoms with Gasteiger partial charge in [0, 0.05) is 5.69 Å². The van der Waals surface area contributed by atoms with Gasteiger partial charge in [0.15, 0.2) is 0 Å². The van der Waals surface area contributed by atoms with Crippen molar-refractivity contribution in [2.45, 2.75) is 39.0 Å². The van der Waals surface area contributed by atoms with Crippen molar-refractivity contribution < 1.29 is 4.79 Å². The molecule has 0 fully saturated rings. The van der Waals surface area contributed by atoms with Crippen molar-refractivity contribution in [2.75, 3.05) is 5.32 Å². The molecular formula is C13H19NO. The van der Waals surface area contributed by atoms with Crippen LogP contribution >= 0.6 is 0 Å². The fraction of sp³-hybridized carbons (Fsp3) is 0.462. The second-order valence-corrected chi connectivity index (χ2v) is 3.77. The molecule has 0 aliphatic heterocycles. The normalized spacial score (nSPS) is 9.93. The van der Waals surface area contributed by atoms with E-state index in [1.165, 1.54) is 31.2 Å². The Balaban J connectivity index is 2.32. The quantitative estimate of drug-likeness (QED) is 0.536. The third-order valence-electron chi connectivity index (χ3n) is 2.50. The van der Waals surface area contributed by atoms with Gasteiger partial charge in [0.1, 0.15) is 0 Å². The van der Waals surface area contributed by atoms with Crippen LogP contribution in [0.2, 0.25) is 0 Å². The topological polar surface area (TPSA) is 29.1 Å². The Bertz CT molecular complexity index is 279. The Kier molecular flexibility index (Phi) is 5.52. The van der Waals surface area contributed by atoms with E-state index in [1.54, 1.807) is 0 Å². The molecule has 0 atom stereocenters. The first-order valence-corrected chi connectivity index (χ1v) is 5.66. The van der Waals surface area contributed by atoms with Crippen LogP contribution in [0.4, 0.5) is 5.69 Å². The fourth-order valence-electron chi connectivity index (χ4n) is 1.59. The molecular weight excluding hydrogens is 186 g/mol. The number of carbonyl (C=O) groups is 1. The number of rotatable bonds is 7. The first kappa shape index (κ1) is 11.8. The van der Waals surface area contributed by atoms with Crippen molar-refractivity contribution in [3.8, 4) is 0 Å². The number of anilines is 1. The summed E-state index contributed by atoms with van der Waals surface area (Å²) in [6, 6.07) is 8.06. The van der Waals surface area contributed by atoms with Crippen molar-refractivity contribution in [3.63, 3.8) is 0 Å². The predicted molar refractivity (Wildman–Crippen MR) is 64.0 cm³/mol. The van der Waals surface area contributed by atoms with E-state index >= 15 is 0 Å². The molecule has 0 heterocycles. The van der Waals surface area contributed by atoms with Gasteiger partial charge < -0.3 is 5.32 Å². The lowest BCUT2D eigenvalue weighted by Gasteiger charge is -2.03. The van der Waals surface area contributed by atoms with Crippen LogP contribution in [0.5, 0.6) is 0 Å². The standard InChI is InChI=1S/C13H19NO/c1-2-3-4-5-6-12-7-9-13(10-8-12)14-11-15/h7-11H,2-6H2,1H3,(H,14,15). The molecule has 2 heteroatoms. The molecule has 1 amide bonds. The molecule has 1 N–H and O–H groups in total. The number of hydrogen-bond donors (Lipinski definition) is 1. The highest BCUT2D eigenvalue weighted by Gasteiger charge is 1.94. The molecule has 0 radical (unpaired) electrons. The molecule has 1 aromatic carbocycles. The van der Waals surface area contributed by atoms with Crippen LogP contribution in [-0.4, -0.2) is 6.41 Å². The maximum absolute atomic E-state index is 10.2. The number of nitrogens with one attached hydrogen (secondary N) is 1. The molecule has 0 aliphatic carbocycles. The van der Waals surface area contributed by atoms with E-state index in [1.807, 2.05) is 12.1 Å². The smallest absolute Gasteiger partial charge is 0.211 e. The summed E-state index contributed by atoms with van der Waals surface area (Å²) < 4.78 is 0. The molecule has 0 saturated heterocycles. The van der Waals surface area contributed by atoms with Gasteiger partial charge in [-0.05, 0) is 30.5 Å². The van der Waals surface area contributed by atoms with Gasteiger partial charge in [-0.15, -0.1) is 0 Å². The van der Waals surface area contributed by atoms with E-state index in [-0.39, 0.29) is 0 Å². The van der Waals surface area contributed by atoms with Gasteiger partial charge in [0.2, 0.25) is 6.41 Å². The van der Waals surface area contributed by atoms with E-state index in [0.717, 1.165) is 12.1 Å². The van der Waals surface area contributed by atoms with E-state index in [2.05, 4.69) is 24.4 Å². The maximum atomic E-state index is 10.2. The summed E-state index contributed by atoms with van der Waals surface area (Å²) >= 11 is 0. The molecule has 15 heavy (non-hydrogen) atoms. The van der Waals surface area contributed by atoms with Crippen LogP contribution in [0.25, 0.3) is 0 Å². The highest BCUT2D eigenvalue weighted by Crippen LogP contribution is 2.12. The van der Waals surface area contributed by atoms with Crippen LogP contribution in [-0.2, 0) is 11.2 Å². The number of aryl methyl sites for hydroxylation is 1. The van der Waals surface area contributed by atoms with Crippen LogP contribution in [0.1, 0.15) is 38.2 Å². The van der Waals surface area contributed by atoms with Crippen molar-refractivity contribution in [2.24, 2.45) is 0 Å². The number of hydrogen-bond acceptors (Lipinski definition) is 1.